The molecule has 6 aromatic rings. The van der Waals surface area contributed by atoms with Crippen molar-refractivity contribution in [3.05, 3.63) is 135 Å². The predicted octanol–water partition coefficient (Wildman–Crippen LogP) is 8.39. The summed E-state index contributed by atoms with van der Waals surface area (Å²) in [5.41, 5.74) is 2.29. The van der Waals surface area contributed by atoms with E-state index in [1.54, 1.807) is 0 Å². The van der Waals surface area contributed by atoms with Crippen LogP contribution in [0.3, 0.4) is 0 Å². The van der Waals surface area contributed by atoms with Gasteiger partial charge in [-0.3, -0.25) is 14.9 Å². The van der Waals surface area contributed by atoms with Gasteiger partial charge in [0.15, 0.2) is 0 Å². The molecule has 8 heteroatoms. The summed E-state index contributed by atoms with van der Waals surface area (Å²) in [6.45, 7) is 0. The number of non-ortho nitro benzene ring substituents is 1. The van der Waals surface area contributed by atoms with Crippen LogP contribution in [-0.4, -0.2) is 23.8 Å². The number of anilines is 2. The Morgan fingerprint density at radius 1 is 0.805 bits per heavy atom. The van der Waals surface area contributed by atoms with Crippen molar-refractivity contribution in [1.29, 1.82) is 0 Å². The largest absolute Gasteiger partial charge is 0.465 e. The van der Waals surface area contributed by atoms with Gasteiger partial charge in [0.2, 0.25) is 5.78 Å². The first kappa shape index (κ1) is 25.9. The minimum absolute atomic E-state index is 0.115. The topological polar surface area (TPSA) is 98.5 Å². The molecule has 0 spiro atoms. The van der Waals surface area contributed by atoms with E-state index in [9.17, 15) is 19.7 Å². The molecule has 1 N–H and O–H groups in total. The summed E-state index contributed by atoms with van der Waals surface area (Å²) in [6, 6.07) is 32.8. The third kappa shape index (κ3) is 4.81. The van der Waals surface area contributed by atoms with E-state index in [0.29, 0.717) is 21.0 Å². The van der Waals surface area contributed by atoms with Gasteiger partial charge in [0.1, 0.15) is 10.6 Å². The highest BCUT2D eigenvalue weighted by atomic mass is 32.1. The van der Waals surface area contributed by atoms with E-state index >= 15 is 0 Å². The molecule has 1 aromatic heterocycles. The average molecular weight is 559 g/mol. The summed E-state index contributed by atoms with van der Waals surface area (Å²) in [4.78, 5) is 38.5. The number of hydrogen-bond donors (Lipinski definition) is 1. The van der Waals surface area contributed by atoms with Crippen molar-refractivity contribution in [2.75, 3.05) is 12.4 Å². The molecule has 0 saturated carbocycles. The van der Waals surface area contributed by atoms with Crippen LogP contribution in [-0.2, 0) is 4.74 Å². The summed E-state index contributed by atoms with van der Waals surface area (Å²) < 4.78 is 5.24. The van der Waals surface area contributed by atoms with E-state index in [4.69, 9.17) is 4.74 Å². The van der Waals surface area contributed by atoms with Crippen molar-refractivity contribution >= 4 is 61.0 Å². The fourth-order valence-electron chi connectivity index (χ4n) is 4.94. The third-order valence-electron chi connectivity index (χ3n) is 6.89. The summed E-state index contributed by atoms with van der Waals surface area (Å²) in [5.74, 6) is -0.945. The number of benzene rings is 5. The van der Waals surface area contributed by atoms with Gasteiger partial charge in [-0.1, -0.05) is 60.7 Å². The van der Waals surface area contributed by atoms with E-state index < -0.39 is 10.9 Å². The van der Waals surface area contributed by atoms with E-state index in [1.165, 1.54) is 31.4 Å². The van der Waals surface area contributed by atoms with Crippen LogP contribution in [0.15, 0.2) is 109 Å². The van der Waals surface area contributed by atoms with Crippen molar-refractivity contribution in [2.45, 2.75) is 0 Å². The van der Waals surface area contributed by atoms with Crippen molar-refractivity contribution in [3.63, 3.8) is 0 Å². The average Bonchev–Trinajstić information content (AvgIpc) is 3.38. The number of ether oxygens (including phenoxy) is 1. The highest BCUT2D eigenvalue weighted by Gasteiger charge is 2.30. The number of esters is 1. The van der Waals surface area contributed by atoms with Gasteiger partial charge in [-0.05, 0) is 63.5 Å². The zero-order chi connectivity index (χ0) is 28.5. The fraction of sp³-hybridized carbons (Fsp3) is 0.0303. The molecule has 0 amide bonds. The number of carbonyl (C=O) groups is 2. The van der Waals surface area contributed by atoms with Gasteiger partial charge >= 0.3 is 5.97 Å². The standard InChI is InChI=1S/C33H22N2O5S/c1-40-33(37)29-28(26-13-7-10-23-18-21-8-5-6-9-22(21)19-27(23)26)31(41-32(29)34-24-11-3-2-4-12-24)30(36)20-14-16-25(17-15-20)35(38)39/h2-19,34H,1H3. The second-order valence-electron chi connectivity index (χ2n) is 9.35. The van der Waals surface area contributed by atoms with Crippen LogP contribution in [0, 0.1) is 10.1 Å². The Morgan fingerprint density at radius 3 is 2.15 bits per heavy atom. The Bertz CT molecular complexity index is 1960. The molecule has 41 heavy (non-hydrogen) atoms. The molecular formula is C33H22N2O5S. The Balaban J connectivity index is 1.63. The molecule has 200 valence electrons. The van der Waals surface area contributed by atoms with Crippen LogP contribution in [0.2, 0.25) is 0 Å². The number of carbonyl (C=O) groups excluding carboxylic acids is 2. The van der Waals surface area contributed by atoms with Gasteiger partial charge in [-0.2, -0.15) is 0 Å². The minimum atomic E-state index is -0.588. The lowest BCUT2D eigenvalue weighted by molar-refractivity contribution is -0.384. The molecule has 0 unspecified atom stereocenters. The van der Waals surface area contributed by atoms with Crippen LogP contribution in [0.5, 0.6) is 0 Å². The number of rotatable bonds is 7. The number of thiophene rings is 1. The first-order valence-corrected chi connectivity index (χ1v) is 13.5. The zero-order valence-electron chi connectivity index (χ0n) is 21.8. The lowest BCUT2D eigenvalue weighted by atomic mass is 9.92. The van der Waals surface area contributed by atoms with E-state index in [-0.39, 0.29) is 22.6 Å². The molecule has 1 heterocycles. The maximum atomic E-state index is 14.1. The molecular weight excluding hydrogens is 536 g/mol. The fourth-order valence-corrected chi connectivity index (χ4v) is 6.12. The minimum Gasteiger partial charge on any atom is -0.465 e. The number of methoxy groups -OCH3 is 1. The van der Waals surface area contributed by atoms with Crippen LogP contribution < -0.4 is 5.32 Å². The zero-order valence-corrected chi connectivity index (χ0v) is 22.6. The second kappa shape index (κ2) is 10.7. The quantitative estimate of drug-likeness (QED) is 0.0695. The Morgan fingerprint density at radius 2 is 1.46 bits per heavy atom. The highest BCUT2D eigenvalue weighted by Crippen LogP contribution is 2.45. The molecule has 5 aromatic carbocycles. The summed E-state index contributed by atoms with van der Waals surface area (Å²) in [5, 5.41) is 18.9. The first-order valence-electron chi connectivity index (χ1n) is 12.7. The van der Waals surface area contributed by atoms with Crippen molar-refractivity contribution in [2.24, 2.45) is 0 Å². The van der Waals surface area contributed by atoms with Crippen LogP contribution in [0.4, 0.5) is 16.4 Å². The predicted molar refractivity (Wildman–Crippen MR) is 162 cm³/mol. The summed E-state index contributed by atoms with van der Waals surface area (Å²) in [7, 11) is 1.31. The number of para-hydroxylation sites is 1. The number of nitro groups is 1. The van der Waals surface area contributed by atoms with E-state index in [0.717, 1.165) is 38.6 Å². The molecule has 0 aliphatic heterocycles. The maximum absolute atomic E-state index is 14.1. The Labute approximate surface area is 238 Å². The van der Waals surface area contributed by atoms with Gasteiger partial charge in [0.25, 0.3) is 5.69 Å². The van der Waals surface area contributed by atoms with Gasteiger partial charge in [0.05, 0.1) is 16.9 Å². The highest BCUT2D eigenvalue weighted by molar-refractivity contribution is 7.19. The summed E-state index contributed by atoms with van der Waals surface area (Å²) in [6.07, 6.45) is 0. The monoisotopic (exact) mass is 558 g/mol. The van der Waals surface area contributed by atoms with Crippen LogP contribution >= 0.6 is 11.3 Å². The number of nitro benzene ring substituents is 1. The number of fused-ring (bicyclic) bond motifs is 2. The lowest BCUT2D eigenvalue weighted by Gasteiger charge is -2.12. The molecule has 0 aliphatic rings. The smallest absolute Gasteiger partial charge is 0.341 e. The van der Waals surface area contributed by atoms with Gasteiger partial charge in [-0.25, -0.2) is 4.79 Å². The molecule has 0 bridgehead atoms. The van der Waals surface area contributed by atoms with Crippen molar-refractivity contribution in [3.8, 4) is 11.1 Å². The molecule has 0 fully saturated rings. The Kier molecular flexibility index (Phi) is 6.74. The van der Waals surface area contributed by atoms with E-state index in [2.05, 4.69) is 17.4 Å². The van der Waals surface area contributed by atoms with Crippen LogP contribution in [0.25, 0.3) is 32.7 Å². The molecule has 0 saturated heterocycles. The normalized spacial score (nSPS) is 11.0. The van der Waals surface area contributed by atoms with Crippen LogP contribution in [0.1, 0.15) is 25.6 Å². The number of nitrogens with one attached hydrogen (secondary N) is 1. The van der Waals surface area contributed by atoms with Gasteiger partial charge in [-0.15, -0.1) is 11.3 Å². The summed E-state index contributed by atoms with van der Waals surface area (Å²) >= 11 is 1.15. The molecule has 0 atom stereocenters. The first-order chi connectivity index (χ1) is 19.9. The lowest BCUT2D eigenvalue weighted by Crippen LogP contribution is -2.07. The number of nitrogens with zero attached hydrogens (tertiary/aromatic N) is 1. The second-order valence-corrected chi connectivity index (χ2v) is 10.4. The van der Waals surface area contributed by atoms with Crippen molar-refractivity contribution in [1.82, 2.24) is 0 Å². The van der Waals surface area contributed by atoms with E-state index in [1.807, 2.05) is 72.8 Å². The SMILES string of the molecule is COC(=O)c1c(Nc2ccccc2)sc(C(=O)c2ccc([N+](=O)[O-])cc2)c1-c1cccc2cc3ccccc3cc12. The molecule has 0 radical (unpaired) electrons. The molecule has 0 aliphatic carbocycles. The molecule has 6 rings (SSSR count). The third-order valence-corrected chi connectivity index (χ3v) is 8.00. The number of hydrogen-bond acceptors (Lipinski definition) is 7. The maximum Gasteiger partial charge on any atom is 0.341 e. The Hall–Kier alpha value is -5.34. The van der Waals surface area contributed by atoms with Crippen molar-refractivity contribution < 1.29 is 19.2 Å². The molecule has 7 nitrogen and oxygen atoms in total. The van der Waals surface area contributed by atoms with Gasteiger partial charge in [0, 0.05) is 28.9 Å². The van der Waals surface area contributed by atoms with Gasteiger partial charge < -0.3 is 10.1 Å². The number of ketones is 1.